The number of benzene rings is 2. The zero-order valence-corrected chi connectivity index (χ0v) is 22.9. The van der Waals surface area contributed by atoms with E-state index in [0.717, 1.165) is 22.4 Å². The Morgan fingerprint density at radius 2 is 1.90 bits per heavy atom. The van der Waals surface area contributed by atoms with E-state index in [1.807, 2.05) is 29.2 Å². The van der Waals surface area contributed by atoms with Crippen LogP contribution in [-0.4, -0.2) is 54.4 Å². The fourth-order valence-electron chi connectivity index (χ4n) is 4.38. The minimum absolute atomic E-state index is 0.154. The Kier molecular flexibility index (Phi) is 10.2. The van der Waals surface area contributed by atoms with Crippen LogP contribution in [0.3, 0.4) is 0 Å². The van der Waals surface area contributed by atoms with Crippen molar-refractivity contribution in [1.29, 1.82) is 0 Å². The van der Waals surface area contributed by atoms with E-state index in [4.69, 9.17) is 9.47 Å². The first-order valence-corrected chi connectivity index (χ1v) is 13.0. The summed E-state index contributed by atoms with van der Waals surface area (Å²) >= 11 is 0. The van der Waals surface area contributed by atoms with Gasteiger partial charge >= 0.3 is 12.1 Å². The molecule has 2 aromatic carbocycles. The van der Waals surface area contributed by atoms with E-state index < -0.39 is 18.4 Å². The van der Waals surface area contributed by atoms with Crippen molar-refractivity contribution in [2.45, 2.75) is 65.1 Å². The third kappa shape index (κ3) is 8.88. The Bertz CT molecular complexity index is 1120. The Hall–Kier alpha value is -3.27. The van der Waals surface area contributed by atoms with Gasteiger partial charge in [-0.05, 0) is 67.3 Å². The standard InChI is InChI=1S/C29H37F4N3O3/c1-19(2)18-38-26-10-6-22(7-11-26)16-34-21(4)36(17-23-8-9-24(30)14-20(23)3)25-12-13-35(5)27(15-25)39-28(37)29(31,32)33/h6-11,14,19,25,27,34H,4,12-13,15-18H2,1-3,5H3. The van der Waals surface area contributed by atoms with Crippen molar-refractivity contribution in [3.63, 3.8) is 0 Å². The van der Waals surface area contributed by atoms with E-state index in [2.05, 4.69) is 25.7 Å². The number of carbonyl (C=O) groups is 1. The molecule has 10 heteroatoms. The predicted molar refractivity (Wildman–Crippen MR) is 141 cm³/mol. The van der Waals surface area contributed by atoms with E-state index in [0.29, 0.717) is 44.4 Å². The van der Waals surface area contributed by atoms with Crippen LogP contribution in [0.25, 0.3) is 0 Å². The SMILES string of the molecule is C=C(NCc1ccc(OCC(C)C)cc1)N(Cc1ccc(F)cc1C)C1CCN(C)C(OC(=O)C(F)(F)F)C1. The van der Waals surface area contributed by atoms with Gasteiger partial charge in [-0.1, -0.05) is 38.6 Å². The van der Waals surface area contributed by atoms with Crippen molar-refractivity contribution in [2.75, 3.05) is 20.2 Å². The van der Waals surface area contributed by atoms with Gasteiger partial charge in [-0.3, -0.25) is 4.90 Å². The summed E-state index contributed by atoms with van der Waals surface area (Å²) in [5, 5.41) is 3.32. The number of piperidine rings is 1. The van der Waals surface area contributed by atoms with Gasteiger partial charge in [0.25, 0.3) is 0 Å². The predicted octanol–water partition coefficient (Wildman–Crippen LogP) is 5.76. The number of ether oxygens (including phenoxy) is 2. The quantitative estimate of drug-likeness (QED) is 0.283. The lowest BCUT2D eigenvalue weighted by Gasteiger charge is -2.43. The fourth-order valence-corrected chi connectivity index (χ4v) is 4.38. The normalized spacial score (nSPS) is 18.1. The molecular formula is C29H37F4N3O3. The third-order valence-corrected chi connectivity index (χ3v) is 6.69. The maximum atomic E-state index is 13.7. The minimum Gasteiger partial charge on any atom is -0.493 e. The topological polar surface area (TPSA) is 54.0 Å². The van der Waals surface area contributed by atoms with Crippen LogP contribution in [0.2, 0.25) is 0 Å². The van der Waals surface area contributed by atoms with Crippen molar-refractivity contribution in [3.05, 3.63) is 77.4 Å². The number of alkyl halides is 3. The number of hydrogen-bond donors (Lipinski definition) is 1. The molecule has 0 radical (unpaired) electrons. The van der Waals surface area contributed by atoms with Crippen LogP contribution in [0.5, 0.6) is 5.75 Å². The number of nitrogens with zero attached hydrogens (tertiary/aromatic N) is 2. The average Bonchev–Trinajstić information content (AvgIpc) is 2.87. The Morgan fingerprint density at radius 1 is 1.21 bits per heavy atom. The smallest absolute Gasteiger partial charge is 0.490 e. The molecule has 39 heavy (non-hydrogen) atoms. The molecule has 6 nitrogen and oxygen atoms in total. The van der Waals surface area contributed by atoms with Crippen molar-refractivity contribution in [3.8, 4) is 5.75 Å². The number of nitrogens with one attached hydrogen (secondary N) is 1. The second-order valence-corrected chi connectivity index (χ2v) is 10.4. The highest BCUT2D eigenvalue weighted by Gasteiger charge is 2.44. The number of carbonyl (C=O) groups excluding carboxylic acids is 1. The van der Waals surface area contributed by atoms with Crippen LogP contribution in [0.1, 0.15) is 43.4 Å². The fraction of sp³-hybridized carbons (Fsp3) is 0.483. The largest absolute Gasteiger partial charge is 0.493 e. The van der Waals surface area contributed by atoms with E-state index in [9.17, 15) is 22.4 Å². The molecule has 214 valence electrons. The highest BCUT2D eigenvalue weighted by molar-refractivity contribution is 5.75. The first kappa shape index (κ1) is 30.3. The number of hydrogen-bond acceptors (Lipinski definition) is 6. The number of aryl methyl sites for hydroxylation is 1. The molecule has 0 saturated carbocycles. The molecule has 1 aliphatic rings. The minimum atomic E-state index is -5.07. The Morgan fingerprint density at radius 3 is 2.51 bits per heavy atom. The van der Waals surface area contributed by atoms with Crippen molar-refractivity contribution < 1.29 is 31.8 Å². The zero-order valence-electron chi connectivity index (χ0n) is 22.9. The maximum absolute atomic E-state index is 13.7. The van der Waals surface area contributed by atoms with E-state index in [1.54, 1.807) is 24.9 Å². The number of halogens is 4. The highest BCUT2D eigenvalue weighted by Crippen LogP contribution is 2.28. The van der Waals surface area contributed by atoms with Gasteiger partial charge in [0, 0.05) is 32.1 Å². The molecule has 3 rings (SSSR count). The molecule has 0 aromatic heterocycles. The summed E-state index contributed by atoms with van der Waals surface area (Å²) in [5.74, 6) is -0.793. The molecular weight excluding hydrogens is 514 g/mol. The number of esters is 1. The molecule has 2 aromatic rings. The van der Waals surface area contributed by atoms with Gasteiger partial charge in [-0.25, -0.2) is 9.18 Å². The van der Waals surface area contributed by atoms with Gasteiger partial charge in [-0.2, -0.15) is 13.2 Å². The van der Waals surface area contributed by atoms with Crippen LogP contribution in [0.15, 0.2) is 54.9 Å². The van der Waals surface area contributed by atoms with Crippen LogP contribution in [0.4, 0.5) is 17.6 Å². The Labute approximate surface area is 227 Å². The molecule has 0 spiro atoms. The summed E-state index contributed by atoms with van der Waals surface area (Å²) in [4.78, 5) is 15.1. The van der Waals surface area contributed by atoms with E-state index >= 15 is 0 Å². The molecule has 1 N–H and O–H groups in total. The van der Waals surface area contributed by atoms with Gasteiger partial charge in [0.2, 0.25) is 0 Å². The van der Waals surface area contributed by atoms with Crippen LogP contribution < -0.4 is 10.1 Å². The first-order chi connectivity index (χ1) is 18.3. The molecule has 1 heterocycles. The van der Waals surface area contributed by atoms with E-state index in [-0.39, 0.29) is 18.3 Å². The monoisotopic (exact) mass is 551 g/mol. The summed E-state index contributed by atoms with van der Waals surface area (Å²) < 4.78 is 62.9. The highest BCUT2D eigenvalue weighted by atomic mass is 19.4. The number of likely N-dealkylation sites (tertiary alicyclic amines) is 1. The molecule has 1 aliphatic heterocycles. The molecule has 2 atom stereocenters. The summed E-state index contributed by atoms with van der Waals surface area (Å²) in [6.45, 7) is 12.0. The molecule has 2 unspecified atom stereocenters. The van der Waals surface area contributed by atoms with Crippen LogP contribution in [-0.2, 0) is 22.6 Å². The van der Waals surface area contributed by atoms with Crippen molar-refractivity contribution >= 4 is 5.97 Å². The molecule has 1 saturated heterocycles. The second kappa shape index (κ2) is 13.2. The lowest BCUT2D eigenvalue weighted by Crippen LogP contribution is -2.51. The second-order valence-electron chi connectivity index (χ2n) is 10.4. The summed E-state index contributed by atoms with van der Waals surface area (Å²) in [7, 11) is 1.63. The summed E-state index contributed by atoms with van der Waals surface area (Å²) in [6.07, 6.45) is -5.35. The van der Waals surface area contributed by atoms with Gasteiger partial charge in [0.15, 0.2) is 6.23 Å². The number of rotatable bonds is 11. The zero-order chi connectivity index (χ0) is 28.7. The lowest BCUT2D eigenvalue weighted by atomic mass is 10.00. The average molecular weight is 552 g/mol. The van der Waals surface area contributed by atoms with Crippen LogP contribution >= 0.6 is 0 Å². The van der Waals surface area contributed by atoms with Gasteiger partial charge in [0.1, 0.15) is 11.6 Å². The molecule has 0 bridgehead atoms. The van der Waals surface area contributed by atoms with Crippen molar-refractivity contribution in [2.24, 2.45) is 5.92 Å². The third-order valence-electron chi connectivity index (χ3n) is 6.69. The van der Waals surface area contributed by atoms with Crippen LogP contribution in [0, 0.1) is 18.7 Å². The van der Waals surface area contributed by atoms with Gasteiger partial charge < -0.3 is 19.7 Å². The molecule has 0 aliphatic carbocycles. The van der Waals surface area contributed by atoms with Gasteiger partial charge in [-0.15, -0.1) is 0 Å². The maximum Gasteiger partial charge on any atom is 0.490 e. The molecule has 1 fully saturated rings. The van der Waals surface area contributed by atoms with Crippen molar-refractivity contribution in [1.82, 2.24) is 15.1 Å². The lowest BCUT2D eigenvalue weighted by molar-refractivity contribution is -0.215. The summed E-state index contributed by atoms with van der Waals surface area (Å²) in [6, 6.07) is 11.9. The molecule has 0 amide bonds. The Balaban J connectivity index is 1.75. The van der Waals surface area contributed by atoms with E-state index in [1.165, 1.54) is 12.1 Å². The first-order valence-electron chi connectivity index (χ1n) is 13.0. The van der Waals surface area contributed by atoms with Gasteiger partial charge in [0.05, 0.1) is 12.4 Å². The summed E-state index contributed by atoms with van der Waals surface area (Å²) in [5.41, 5.74) is 2.60.